The summed E-state index contributed by atoms with van der Waals surface area (Å²) < 4.78 is 44.4. The molecule has 1 aromatic heterocycles. The predicted octanol–water partition coefficient (Wildman–Crippen LogP) is 2.10. The Labute approximate surface area is 109 Å². The van der Waals surface area contributed by atoms with Crippen molar-refractivity contribution in [3.05, 3.63) is 42.2 Å². The molecule has 102 valence electrons. The maximum atomic E-state index is 12.4. The first-order valence-corrected chi connectivity index (χ1v) is 5.86. The Morgan fingerprint density at radius 3 is 2.37 bits per heavy atom. The monoisotopic (exact) mass is 269 g/mol. The van der Waals surface area contributed by atoms with Gasteiger partial charge in [-0.15, -0.1) is 5.46 Å². The zero-order valence-electron chi connectivity index (χ0n) is 10.4. The first-order valence-electron chi connectivity index (χ1n) is 5.86. The number of aryl methyl sites for hydroxylation is 1. The summed E-state index contributed by atoms with van der Waals surface area (Å²) in [6, 6.07) is 6.64. The van der Waals surface area contributed by atoms with E-state index in [1.54, 1.807) is 10.9 Å². The maximum absolute atomic E-state index is 12.4. The molecule has 0 bridgehead atoms. The molecule has 0 N–H and O–H groups in total. The summed E-state index contributed by atoms with van der Waals surface area (Å²) in [6.07, 6.45) is 2.34. The van der Waals surface area contributed by atoms with Gasteiger partial charge in [-0.05, 0) is 18.2 Å². The average molecular weight is 269 g/mol. The van der Waals surface area contributed by atoms with E-state index in [0.717, 1.165) is 17.8 Å². The van der Waals surface area contributed by atoms with Gasteiger partial charge in [-0.1, -0.05) is 12.1 Å². The van der Waals surface area contributed by atoms with Crippen molar-refractivity contribution in [1.82, 2.24) is 9.78 Å². The molecular formula is C12H13BF3N2O-. The molecule has 2 rings (SSSR count). The van der Waals surface area contributed by atoms with Gasteiger partial charge in [0.2, 0.25) is 0 Å². The van der Waals surface area contributed by atoms with Crippen molar-refractivity contribution in [3.8, 4) is 5.75 Å². The minimum absolute atomic E-state index is 0.399. The molecule has 0 saturated heterocycles. The van der Waals surface area contributed by atoms with Gasteiger partial charge in [0.1, 0.15) is 5.75 Å². The van der Waals surface area contributed by atoms with E-state index in [-0.39, 0.29) is 0 Å². The van der Waals surface area contributed by atoms with Crippen LogP contribution in [0.1, 0.15) is 5.69 Å². The van der Waals surface area contributed by atoms with Gasteiger partial charge < -0.3 is 17.7 Å². The zero-order valence-corrected chi connectivity index (χ0v) is 10.4. The summed E-state index contributed by atoms with van der Waals surface area (Å²) in [4.78, 5) is 0. The third kappa shape index (κ3) is 3.53. The van der Waals surface area contributed by atoms with E-state index in [9.17, 15) is 12.9 Å². The fourth-order valence-electron chi connectivity index (χ4n) is 1.70. The summed E-state index contributed by atoms with van der Waals surface area (Å²) in [6.45, 7) is -4.54. The molecule has 0 atom stereocenters. The average Bonchev–Trinajstić information content (AvgIpc) is 2.75. The highest BCUT2D eigenvalue weighted by Gasteiger charge is 2.24. The first-order chi connectivity index (χ1) is 8.97. The number of nitrogens with zero attached hydrogens (tertiary/aromatic N) is 2. The van der Waals surface area contributed by atoms with Crippen LogP contribution in [0.5, 0.6) is 5.75 Å². The molecule has 0 unspecified atom stereocenters. The Bertz CT molecular complexity index is 537. The molecule has 0 radical (unpaired) electrons. The van der Waals surface area contributed by atoms with E-state index in [0.29, 0.717) is 18.8 Å². The van der Waals surface area contributed by atoms with Crippen LogP contribution >= 0.6 is 0 Å². The zero-order chi connectivity index (χ0) is 13.9. The number of halogens is 3. The quantitative estimate of drug-likeness (QED) is 0.777. The van der Waals surface area contributed by atoms with Crippen LogP contribution < -0.4 is 10.2 Å². The molecule has 0 aliphatic rings. The molecule has 1 heterocycles. The number of aromatic nitrogens is 2. The van der Waals surface area contributed by atoms with Crippen molar-refractivity contribution in [2.45, 2.75) is 6.42 Å². The lowest BCUT2D eigenvalue weighted by Gasteiger charge is -2.15. The number of rotatable bonds is 5. The van der Waals surface area contributed by atoms with Crippen molar-refractivity contribution >= 4 is 12.4 Å². The van der Waals surface area contributed by atoms with Gasteiger partial charge in [0.15, 0.2) is 0 Å². The number of hydrogen-bond donors (Lipinski definition) is 0. The molecule has 0 amide bonds. The van der Waals surface area contributed by atoms with E-state index in [4.69, 9.17) is 4.74 Å². The molecule has 3 nitrogen and oxygen atoms in total. The van der Waals surface area contributed by atoms with Crippen molar-refractivity contribution in [2.24, 2.45) is 7.05 Å². The van der Waals surface area contributed by atoms with Gasteiger partial charge in [0, 0.05) is 25.4 Å². The Morgan fingerprint density at radius 2 is 1.84 bits per heavy atom. The lowest BCUT2D eigenvalue weighted by molar-refractivity contribution is 0.318. The van der Waals surface area contributed by atoms with Crippen LogP contribution in [0.2, 0.25) is 0 Å². The van der Waals surface area contributed by atoms with E-state index in [1.807, 2.05) is 13.1 Å². The molecule has 0 fully saturated rings. The fraction of sp³-hybridized carbons (Fsp3) is 0.250. The van der Waals surface area contributed by atoms with Crippen molar-refractivity contribution in [2.75, 3.05) is 6.61 Å². The normalized spacial score (nSPS) is 11.6. The van der Waals surface area contributed by atoms with Crippen LogP contribution in [0.4, 0.5) is 12.9 Å². The minimum Gasteiger partial charge on any atom is -0.493 e. The lowest BCUT2D eigenvalue weighted by Crippen LogP contribution is -2.33. The van der Waals surface area contributed by atoms with Gasteiger partial charge in [0.05, 0.1) is 6.61 Å². The van der Waals surface area contributed by atoms with Crippen molar-refractivity contribution in [3.63, 3.8) is 0 Å². The van der Waals surface area contributed by atoms with Crippen molar-refractivity contribution in [1.29, 1.82) is 0 Å². The molecule has 2 aromatic rings. The number of benzene rings is 1. The predicted molar refractivity (Wildman–Crippen MR) is 67.6 cm³/mol. The Kier molecular flexibility index (Phi) is 3.83. The number of hydrogen-bond acceptors (Lipinski definition) is 2. The summed E-state index contributed by atoms with van der Waals surface area (Å²) in [5, 5.41) is 4.02. The van der Waals surface area contributed by atoms with E-state index in [1.165, 1.54) is 12.1 Å². The molecule has 0 saturated carbocycles. The van der Waals surface area contributed by atoms with Crippen LogP contribution in [-0.4, -0.2) is 23.4 Å². The minimum atomic E-state index is -4.94. The number of ether oxygens (including phenoxy) is 1. The highest BCUT2D eigenvalue weighted by atomic mass is 19.4. The summed E-state index contributed by atoms with van der Waals surface area (Å²) in [5.74, 6) is 0.436. The van der Waals surface area contributed by atoms with Crippen LogP contribution in [0, 0.1) is 0 Å². The van der Waals surface area contributed by atoms with Gasteiger partial charge in [-0.2, -0.15) is 5.10 Å². The lowest BCUT2D eigenvalue weighted by atomic mass is 9.80. The highest BCUT2D eigenvalue weighted by Crippen LogP contribution is 2.13. The molecule has 19 heavy (non-hydrogen) atoms. The summed E-state index contributed by atoms with van der Waals surface area (Å²) in [7, 11) is 1.83. The van der Waals surface area contributed by atoms with Crippen LogP contribution in [0.15, 0.2) is 36.5 Å². The summed E-state index contributed by atoms with van der Waals surface area (Å²) >= 11 is 0. The Balaban J connectivity index is 1.89. The Morgan fingerprint density at radius 1 is 1.16 bits per heavy atom. The third-order valence-corrected chi connectivity index (χ3v) is 2.81. The van der Waals surface area contributed by atoms with Crippen LogP contribution in [0.3, 0.4) is 0 Å². The molecular weight excluding hydrogens is 256 g/mol. The fourth-order valence-corrected chi connectivity index (χ4v) is 1.70. The molecule has 0 aliphatic carbocycles. The van der Waals surface area contributed by atoms with Crippen LogP contribution in [0.25, 0.3) is 0 Å². The van der Waals surface area contributed by atoms with Gasteiger partial charge in [0.25, 0.3) is 0 Å². The van der Waals surface area contributed by atoms with Gasteiger partial charge in [-0.3, -0.25) is 4.68 Å². The van der Waals surface area contributed by atoms with Crippen LogP contribution in [-0.2, 0) is 13.5 Å². The highest BCUT2D eigenvalue weighted by molar-refractivity contribution is 6.73. The largest absolute Gasteiger partial charge is 0.509 e. The second-order valence-electron chi connectivity index (χ2n) is 4.19. The third-order valence-electron chi connectivity index (χ3n) is 2.81. The second kappa shape index (κ2) is 5.38. The van der Waals surface area contributed by atoms with E-state index >= 15 is 0 Å². The topological polar surface area (TPSA) is 27.1 Å². The van der Waals surface area contributed by atoms with E-state index < -0.39 is 12.4 Å². The van der Waals surface area contributed by atoms with E-state index in [2.05, 4.69) is 5.10 Å². The van der Waals surface area contributed by atoms with Gasteiger partial charge >= 0.3 is 6.98 Å². The standard InChI is InChI=1S/C12H13BF3N2O/c1-18-11(6-8-17-18)7-9-19-12-4-2-10(3-5-12)13(14,15)16/h2-6,8H,7,9H2,1H3/q-1. The van der Waals surface area contributed by atoms with Gasteiger partial charge in [-0.25, -0.2) is 0 Å². The summed E-state index contributed by atoms with van der Waals surface area (Å²) in [5.41, 5.74) is 0.397. The first kappa shape index (κ1) is 13.5. The molecule has 1 aromatic carbocycles. The Hall–Kier alpha value is -1.92. The maximum Gasteiger partial charge on any atom is 0.509 e. The second-order valence-corrected chi connectivity index (χ2v) is 4.19. The molecule has 7 heteroatoms. The molecule has 0 spiro atoms. The van der Waals surface area contributed by atoms with Crippen molar-refractivity contribution < 1.29 is 17.7 Å². The SMILES string of the molecule is Cn1nccc1CCOc1ccc([B-](F)(F)F)cc1. The smallest absolute Gasteiger partial charge is 0.493 e. The molecule has 0 aliphatic heterocycles.